The molecule has 0 unspecified atom stereocenters. The Morgan fingerprint density at radius 2 is 1.79 bits per heavy atom. The van der Waals surface area contributed by atoms with Crippen molar-refractivity contribution < 1.29 is 9.90 Å². The van der Waals surface area contributed by atoms with Crippen molar-refractivity contribution in [2.75, 3.05) is 13.1 Å². The Hall–Kier alpha value is -2.57. The van der Waals surface area contributed by atoms with E-state index in [-0.39, 0.29) is 17.2 Å². The molecule has 0 fully saturated rings. The number of rotatable bonds is 9. The number of nitrogens with one attached hydrogen (secondary N) is 1. The SMILES string of the molecule is Cn1c(=O)n(C)c2cc(C(=O)CCCCNCCc3ccc(O)cc3Cl)ccc21. The monoisotopic (exact) mass is 415 g/mol. The number of benzene rings is 2. The van der Waals surface area contributed by atoms with Crippen LogP contribution in [0.2, 0.25) is 5.02 Å². The molecule has 3 aromatic rings. The van der Waals surface area contributed by atoms with Crippen LogP contribution < -0.4 is 11.0 Å². The number of aryl methyl sites for hydroxylation is 2. The van der Waals surface area contributed by atoms with Crippen LogP contribution in [0.4, 0.5) is 0 Å². The van der Waals surface area contributed by atoms with Crippen molar-refractivity contribution in [1.29, 1.82) is 0 Å². The second-order valence-corrected chi connectivity index (χ2v) is 7.67. The normalized spacial score (nSPS) is 11.3. The van der Waals surface area contributed by atoms with Crippen molar-refractivity contribution in [2.24, 2.45) is 14.1 Å². The fourth-order valence-electron chi connectivity index (χ4n) is 3.45. The number of ketones is 1. The van der Waals surface area contributed by atoms with Crippen molar-refractivity contribution in [3.8, 4) is 5.75 Å². The lowest BCUT2D eigenvalue weighted by Gasteiger charge is -2.07. The molecule has 2 aromatic carbocycles. The van der Waals surface area contributed by atoms with E-state index in [1.807, 2.05) is 12.1 Å². The molecule has 0 spiro atoms. The average Bonchev–Trinajstić information content (AvgIpc) is 2.92. The maximum atomic E-state index is 12.5. The van der Waals surface area contributed by atoms with E-state index in [2.05, 4.69) is 5.32 Å². The smallest absolute Gasteiger partial charge is 0.328 e. The van der Waals surface area contributed by atoms with E-state index in [0.29, 0.717) is 17.0 Å². The third-order valence-corrected chi connectivity index (χ3v) is 5.56. The van der Waals surface area contributed by atoms with Crippen molar-refractivity contribution in [2.45, 2.75) is 25.7 Å². The molecular formula is C22H26ClN3O3. The van der Waals surface area contributed by atoms with Gasteiger partial charge in [0, 0.05) is 31.1 Å². The zero-order chi connectivity index (χ0) is 21.0. The number of phenols is 1. The number of imidazole rings is 1. The molecule has 0 saturated carbocycles. The van der Waals surface area contributed by atoms with Crippen molar-refractivity contribution in [1.82, 2.24) is 14.5 Å². The largest absolute Gasteiger partial charge is 0.508 e. The van der Waals surface area contributed by atoms with Gasteiger partial charge in [0.1, 0.15) is 5.75 Å². The zero-order valence-corrected chi connectivity index (χ0v) is 17.5. The molecule has 0 atom stereocenters. The molecule has 6 nitrogen and oxygen atoms in total. The van der Waals surface area contributed by atoms with Gasteiger partial charge in [-0.15, -0.1) is 0 Å². The van der Waals surface area contributed by atoms with Crippen molar-refractivity contribution >= 4 is 28.4 Å². The van der Waals surface area contributed by atoms with Gasteiger partial charge in [0.15, 0.2) is 5.78 Å². The number of aromatic nitrogens is 2. The summed E-state index contributed by atoms with van der Waals surface area (Å²) in [6, 6.07) is 10.4. The maximum absolute atomic E-state index is 12.5. The predicted octanol–water partition coefficient (Wildman–Crippen LogP) is 3.42. The van der Waals surface area contributed by atoms with E-state index in [9.17, 15) is 14.7 Å². The molecule has 154 valence electrons. The molecule has 0 radical (unpaired) electrons. The number of fused-ring (bicyclic) bond motifs is 1. The van der Waals surface area contributed by atoms with Crippen LogP contribution >= 0.6 is 11.6 Å². The number of carbonyl (C=O) groups is 1. The molecular weight excluding hydrogens is 390 g/mol. The Morgan fingerprint density at radius 3 is 2.55 bits per heavy atom. The highest BCUT2D eigenvalue weighted by Gasteiger charge is 2.11. The van der Waals surface area contributed by atoms with Gasteiger partial charge < -0.3 is 10.4 Å². The molecule has 2 N–H and O–H groups in total. The van der Waals surface area contributed by atoms with Gasteiger partial charge >= 0.3 is 5.69 Å². The Kier molecular flexibility index (Phi) is 6.77. The number of Topliss-reactive ketones (excluding diaryl/α,β-unsaturated/α-hetero) is 1. The second kappa shape index (κ2) is 9.29. The van der Waals surface area contributed by atoms with Gasteiger partial charge in [-0.2, -0.15) is 0 Å². The first-order valence-electron chi connectivity index (χ1n) is 9.75. The van der Waals surface area contributed by atoms with E-state index in [0.717, 1.165) is 48.9 Å². The molecule has 0 aliphatic heterocycles. The summed E-state index contributed by atoms with van der Waals surface area (Å²) >= 11 is 6.10. The van der Waals surface area contributed by atoms with Crippen LogP contribution in [0.1, 0.15) is 35.2 Å². The third-order valence-electron chi connectivity index (χ3n) is 5.21. The fourth-order valence-corrected chi connectivity index (χ4v) is 3.72. The summed E-state index contributed by atoms with van der Waals surface area (Å²) < 4.78 is 3.15. The Morgan fingerprint density at radius 1 is 1.03 bits per heavy atom. The highest BCUT2D eigenvalue weighted by Crippen LogP contribution is 2.21. The lowest BCUT2D eigenvalue weighted by atomic mass is 10.0. The Balaban J connectivity index is 1.41. The number of aromatic hydroxyl groups is 1. The number of hydrogen-bond donors (Lipinski definition) is 2. The zero-order valence-electron chi connectivity index (χ0n) is 16.7. The van der Waals surface area contributed by atoms with Crippen LogP contribution in [-0.4, -0.2) is 33.1 Å². The van der Waals surface area contributed by atoms with Gasteiger partial charge in [0.05, 0.1) is 11.0 Å². The summed E-state index contributed by atoms with van der Waals surface area (Å²) in [4.78, 5) is 24.5. The first-order chi connectivity index (χ1) is 13.9. The van der Waals surface area contributed by atoms with Gasteiger partial charge in [-0.3, -0.25) is 13.9 Å². The summed E-state index contributed by atoms with van der Waals surface area (Å²) in [5, 5.41) is 13.3. The summed E-state index contributed by atoms with van der Waals surface area (Å²) in [6.07, 6.45) is 2.98. The highest BCUT2D eigenvalue weighted by atomic mass is 35.5. The molecule has 1 heterocycles. The van der Waals surface area contributed by atoms with E-state index in [1.165, 1.54) is 0 Å². The lowest BCUT2D eigenvalue weighted by Crippen LogP contribution is -2.19. The van der Waals surface area contributed by atoms with Crippen LogP contribution in [0.5, 0.6) is 5.75 Å². The van der Waals surface area contributed by atoms with Crippen LogP contribution in [-0.2, 0) is 20.5 Å². The number of halogens is 1. The summed E-state index contributed by atoms with van der Waals surface area (Å²) in [5.41, 5.74) is 3.15. The number of unbranched alkanes of at least 4 members (excludes halogenated alkanes) is 1. The molecule has 0 saturated heterocycles. The summed E-state index contributed by atoms with van der Waals surface area (Å²) in [6.45, 7) is 1.62. The minimum atomic E-state index is -0.0933. The number of nitrogens with zero attached hydrogens (tertiary/aromatic N) is 2. The minimum Gasteiger partial charge on any atom is -0.508 e. The number of hydrogen-bond acceptors (Lipinski definition) is 4. The van der Waals surface area contributed by atoms with Gasteiger partial charge in [-0.1, -0.05) is 17.7 Å². The molecule has 7 heteroatoms. The van der Waals surface area contributed by atoms with Crippen molar-refractivity contribution in [3.05, 3.63) is 63.0 Å². The third kappa shape index (κ3) is 4.89. The fraction of sp³-hybridized carbons (Fsp3) is 0.364. The first-order valence-corrected chi connectivity index (χ1v) is 10.1. The topological polar surface area (TPSA) is 76.3 Å². The van der Waals surface area contributed by atoms with Crippen molar-refractivity contribution in [3.63, 3.8) is 0 Å². The average molecular weight is 416 g/mol. The molecule has 0 aliphatic rings. The maximum Gasteiger partial charge on any atom is 0.328 e. The molecule has 0 amide bonds. The highest BCUT2D eigenvalue weighted by molar-refractivity contribution is 6.31. The number of carbonyl (C=O) groups excluding carboxylic acids is 1. The standard InChI is InChI=1S/C22H26ClN3O3/c1-25-19-9-7-16(13-20(19)26(2)22(25)29)21(28)5-3-4-11-24-12-10-15-6-8-17(27)14-18(15)23/h6-9,13-14,24,27H,3-5,10-12H2,1-2H3. The van der Waals surface area contributed by atoms with Crippen LogP contribution in [0.25, 0.3) is 11.0 Å². The Bertz CT molecular complexity index is 1080. The van der Waals surface area contributed by atoms with E-state index >= 15 is 0 Å². The number of phenolic OH excluding ortho intramolecular Hbond substituents is 1. The predicted molar refractivity (Wildman–Crippen MR) is 116 cm³/mol. The second-order valence-electron chi connectivity index (χ2n) is 7.26. The van der Waals surface area contributed by atoms with E-state index < -0.39 is 0 Å². The van der Waals surface area contributed by atoms with Crippen LogP contribution in [0.3, 0.4) is 0 Å². The summed E-state index contributed by atoms with van der Waals surface area (Å²) in [7, 11) is 3.45. The van der Waals surface area contributed by atoms with Gasteiger partial charge in [-0.05, 0) is 68.2 Å². The van der Waals surface area contributed by atoms with Crippen LogP contribution in [0.15, 0.2) is 41.2 Å². The summed E-state index contributed by atoms with van der Waals surface area (Å²) in [5.74, 6) is 0.268. The first kappa shape index (κ1) is 21.1. The molecule has 1 aromatic heterocycles. The van der Waals surface area contributed by atoms with E-state index in [1.54, 1.807) is 47.5 Å². The molecule has 3 rings (SSSR count). The minimum absolute atomic E-state index is 0.0933. The Labute approximate surface area is 174 Å². The molecule has 0 bridgehead atoms. The van der Waals surface area contributed by atoms with Crippen LogP contribution in [0, 0.1) is 0 Å². The van der Waals surface area contributed by atoms with E-state index in [4.69, 9.17) is 11.6 Å². The lowest BCUT2D eigenvalue weighted by molar-refractivity contribution is 0.0979. The van der Waals surface area contributed by atoms with Gasteiger partial charge in [-0.25, -0.2) is 4.79 Å². The molecule has 29 heavy (non-hydrogen) atoms. The molecule has 0 aliphatic carbocycles. The van der Waals surface area contributed by atoms with Gasteiger partial charge in [0.2, 0.25) is 0 Å². The van der Waals surface area contributed by atoms with Gasteiger partial charge in [0.25, 0.3) is 0 Å². The quantitative estimate of drug-likeness (QED) is 0.414.